The zero-order chi connectivity index (χ0) is 12.3. The van der Waals surface area contributed by atoms with Crippen LogP contribution < -0.4 is 5.73 Å². The van der Waals surface area contributed by atoms with Crippen LogP contribution in [0.1, 0.15) is 37.8 Å². The Balaban J connectivity index is 2.24. The van der Waals surface area contributed by atoms with Crippen molar-refractivity contribution in [2.45, 2.75) is 38.3 Å². The lowest BCUT2D eigenvalue weighted by molar-refractivity contribution is 0.128. The summed E-state index contributed by atoms with van der Waals surface area (Å²) in [7, 11) is 0. The van der Waals surface area contributed by atoms with Crippen molar-refractivity contribution < 1.29 is 4.39 Å². The van der Waals surface area contributed by atoms with Gasteiger partial charge in [0.15, 0.2) is 0 Å². The van der Waals surface area contributed by atoms with Crippen LogP contribution in [0.2, 0.25) is 0 Å². The lowest BCUT2D eigenvalue weighted by Crippen LogP contribution is -2.46. The molecule has 0 aliphatic carbocycles. The van der Waals surface area contributed by atoms with Crippen molar-refractivity contribution in [1.82, 2.24) is 4.90 Å². The van der Waals surface area contributed by atoms with Crippen molar-refractivity contribution in [3.8, 4) is 0 Å². The van der Waals surface area contributed by atoms with Crippen molar-refractivity contribution in [1.29, 1.82) is 0 Å². The van der Waals surface area contributed by atoms with Crippen LogP contribution in [0, 0.1) is 5.82 Å². The minimum absolute atomic E-state index is 0.122. The largest absolute Gasteiger partial charge is 0.326 e. The summed E-state index contributed by atoms with van der Waals surface area (Å²) in [5.74, 6) is -0.170. The lowest BCUT2D eigenvalue weighted by Gasteiger charge is -2.40. The van der Waals surface area contributed by atoms with E-state index in [1.165, 1.54) is 6.07 Å². The maximum Gasteiger partial charge on any atom is 0.123 e. The van der Waals surface area contributed by atoms with Gasteiger partial charge in [0.1, 0.15) is 5.82 Å². The van der Waals surface area contributed by atoms with Gasteiger partial charge in [0.05, 0.1) is 0 Å². The van der Waals surface area contributed by atoms with Gasteiger partial charge in [-0.25, -0.2) is 4.39 Å². The second kappa shape index (κ2) is 5.61. The molecule has 1 heterocycles. The number of nitrogens with two attached hydrogens (primary N) is 1. The van der Waals surface area contributed by atoms with E-state index in [1.54, 1.807) is 12.1 Å². The van der Waals surface area contributed by atoms with Gasteiger partial charge in [0.25, 0.3) is 0 Å². The maximum atomic E-state index is 13.3. The monoisotopic (exact) mass is 236 g/mol. The van der Waals surface area contributed by atoms with Gasteiger partial charge in [-0.1, -0.05) is 19.1 Å². The van der Waals surface area contributed by atoms with Crippen molar-refractivity contribution in [3.63, 3.8) is 0 Å². The van der Waals surface area contributed by atoms with Gasteiger partial charge >= 0.3 is 0 Å². The van der Waals surface area contributed by atoms with E-state index in [0.717, 1.165) is 37.9 Å². The minimum atomic E-state index is -0.170. The van der Waals surface area contributed by atoms with E-state index >= 15 is 0 Å². The highest BCUT2D eigenvalue weighted by atomic mass is 19.1. The highest BCUT2D eigenvalue weighted by Crippen LogP contribution is 2.30. The first-order valence-corrected chi connectivity index (χ1v) is 6.47. The average Bonchev–Trinajstić information content (AvgIpc) is 2.29. The number of nitrogens with zero attached hydrogens (tertiary/aromatic N) is 1. The van der Waals surface area contributed by atoms with Crippen LogP contribution in [0.4, 0.5) is 4.39 Å². The van der Waals surface area contributed by atoms with E-state index in [-0.39, 0.29) is 17.9 Å². The quantitative estimate of drug-likeness (QED) is 0.874. The molecule has 2 nitrogen and oxygen atoms in total. The molecular formula is C14H21FN2. The van der Waals surface area contributed by atoms with Gasteiger partial charge in [-0.2, -0.15) is 0 Å². The molecule has 2 rings (SSSR count). The summed E-state index contributed by atoms with van der Waals surface area (Å²) in [6, 6.07) is 7.18. The fraction of sp³-hybridized carbons (Fsp3) is 0.571. The molecule has 1 aliphatic heterocycles. The second-order valence-electron chi connectivity index (χ2n) is 4.84. The van der Waals surface area contributed by atoms with E-state index in [1.807, 2.05) is 6.07 Å². The molecule has 2 atom stereocenters. The normalized spacial score (nSPS) is 26.1. The Labute approximate surface area is 103 Å². The molecule has 0 saturated carbocycles. The fourth-order valence-electron chi connectivity index (χ4n) is 2.78. The van der Waals surface area contributed by atoms with Gasteiger partial charge in [0, 0.05) is 12.1 Å². The van der Waals surface area contributed by atoms with Crippen LogP contribution in [0.15, 0.2) is 24.3 Å². The Morgan fingerprint density at radius 1 is 1.47 bits per heavy atom. The molecule has 2 unspecified atom stereocenters. The summed E-state index contributed by atoms with van der Waals surface area (Å²) < 4.78 is 13.3. The number of likely N-dealkylation sites (tertiary alicyclic amines) is 1. The molecule has 0 aromatic heterocycles. The first kappa shape index (κ1) is 12.5. The Morgan fingerprint density at radius 2 is 2.29 bits per heavy atom. The summed E-state index contributed by atoms with van der Waals surface area (Å²) >= 11 is 0. The van der Waals surface area contributed by atoms with Crippen molar-refractivity contribution in [2.24, 2.45) is 5.73 Å². The van der Waals surface area contributed by atoms with Gasteiger partial charge in [-0.15, -0.1) is 0 Å². The summed E-state index contributed by atoms with van der Waals surface area (Å²) in [6.45, 7) is 4.28. The summed E-state index contributed by atoms with van der Waals surface area (Å²) in [4.78, 5) is 2.39. The molecule has 1 saturated heterocycles. The Morgan fingerprint density at radius 3 is 3.00 bits per heavy atom. The molecule has 3 heteroatoms. The maximum absolute atomic E-state index is 13.3. The molecule has 0 radical (unpaired) electrons. The van der Waals surface area contributed by atoms with Crippen LogP contribution in [-0.2, 0) is 0 Å². The molecule has 1 aromatic carbocycles. The predicted molar refractivity (Wildman–Crippen MR) is 68.2 cm³/mol. The van der Waals surface area contributed by atoms with E-state index < -0.39 is 0 Å². The molecule has 0 amide bonds. The molecule has 94 valence electrons. The number of piperidine rings is 1. The van der Waals surface area contributed by atoms with Crippen LogP contribution in [-0.4, -0.2) is 24.0 Å². The Kier molecular flexibility index (Phi) is 4.13. The van der Waals surface area contributed by atoms with Gasteiger partial charge in [0.2, 0.25) is 0 Å². The predicted octanol–water partition coefficient (Wildman–Crippen LogP) is 2.70. The third-order valence-corrected chi connectivity index (χ3v) is 3.48. The highest BCUT2D eigenvalue weighted by molar-refractivity contribution is 5.22. The number of rotatable bonds is 3. The number of hydrogen-bond acceptors (Lipinski definition) is 2. The minimum Gasteiger partial charge on any atom is -0.326 e. The van der Waals surface area contributed by atoms with Crippen LogP contribution in [0.3, 0.4) is 0 Å². The van der Waals surface area contributed by atoms with Crippen LogP contribution in [0.5, 0.6) is 0 Å². The van der Waals surface area contributed by atoms with Gasteiger partial charge in [-0.05, 0) is 50.0 Å². The summed E-state index contributed by atoms with van der Waals surface area (Å²) in [6.07, 6.45) is 3.28. The standard InChI is InChI=1S/C14H21FN2/c1-2-8-17-9-4-7-13(16)14(17)11-5-3-6-12(15)10-11/h3,5-6,10,13-14H,2,4,7-9,16H2,1H3. The van der Waals surface area contributed by atoms with E-state index in [0.29, 0.717) is 0 Å². The van der Waals surface area contributed by atoms with Crippen molar-refractivity contribution in [3.05, 3.63) is 35.6 Å². The molecule has 1 aromatic rings. The lowest BCUT2D eigenvalue weighted by atomic mass is 9.91. The Bertz CT molecular complexity index is 365. The number of hydrogen-bond donors (Lipinski definition) is 1. The fourth-order valence-corrected chi connectivity index (χ4v) is 2.78. The zero-order valence-electron chi connectivity index (χ0n) is 10.4. The second-order valence-corrected chi connectivity index (χ2v) is 4.84. The topological polar surface area (TPSA) is 29.3 Å². The first-order valence-electron chi connectivity index (χ1n) is 6.47. The molecule has 0 spiro atoms. The van der Waals surface area contributed by atoms with Crippen molar-refractivity contribution >= 4 is 0 Å². The third-order valence-electron chi connectivity index (χ3n) is 3.48. The SMILES string of the molecule is CCCN1CCCC(N)C1c1cccc(F)c1. The molecule has 1 aliphatic rings. The number of benzene rings is 1. The summed E-state index contributed by atoms with van der Waals surface area (Å²) in [5.41, 5.74) is 7.24. The van der Waals surface area contributed by atoms with E-state index in [9.17, 15) is 4.39 Å². The van der Waals surface area contributed by atoms with Crippen LogP contribution in [0.25, 0.3) is 0 Å². The van der Waals surface area contributed by atoms with Crippen molar-refractivity contribution in [2.75, 3.05) is 13.1 Å². The molecule has 2 N–H and O–H groups in total. The molecule has 0 bridgehead atoms. The zero-order valence-corrected chi connectivity index (χ0v) is 10.4. The molecule has 1 fully saturated rings. The highest BCUT2D eigenvalue weighted by Gasteiger charge is 2.29. The third kappa shape index (κ3) is 2.85. The van der Waals surface area contributed by atoms with Gasteiger partial charge < -0.3 is 5.73 Å². The van der Waals surface area contributed by atoms with Gasteiger partial charge in [-0.3, -0.25) is 4.90 Å². The smallest absolute Gasteiger partial charge is 0.123 e. The van der Waals surface area contributed by atoms with E-state index in [4.69, 9.17) is 5.73 Å². The first-order chi connectivity index (χ1) is 8.22. The molecule has 17 heavy (non-hydrogen) atoms. The van der Waals surface area contributed by atoms with E-state index in [2.05, 4.69) is 11.8 Å². The summed E-state index contributed by atoms with van der Waals surface area (Å²) in [5, 5.41) is 0. The number of halogens is 1. The average molecular weight is 236 g/mol. The Hall–Kier alpha value is -0.930. The van der Waals surface area contributed by atoms with Crippen LogP contribution >= 0.6 is 0 Å². The molecular weight excluding hydrogens is 215 g/mol.